The molecule has 0 saturated heterocycles. The van der Waals surface area contributed by atoms with Crippen molar-refractivity contribution in [2.45, 2.75) is 17.1 Å². The van der Waals surface area contributed by atoms with E-state index in [1.165, 1.54) is 36.4 Å². The molecule has 6 heteroatoms. The van der Waals surface area contributed by atoms with Gasteiger partial charge >= 0.3 is 0 Å². The van der Waals surface area contributed by atoms with Gasteiger partial charge in [-0.1, -0.05) is 29.8 Å². The summed E-state index contributed by atoms with van der Waals surface area (Å²) in [6, 6.07) is 12.4. The van der Waals surface area contributed by atoms with Crippen LogP contribution in [0.15, 0.2) is 53.4 Å². The molecule has 110 valence electrons. The minimum absolute atomic E-state index is 0.0636. The average Bonchev–Trinajstić information content (AvgIpc) is 2.41. The summed E-state index contributed by atoms with van der Waals surface area (Å²) in [7, 11) is -3.90. The fourth-order valence-electron chi connectivity index (χ4n) is 2.03. The normalized spacial score (nSPS) is 12.8. The molecule has 0 spiro atoms. The number of carbonyl (C=O) groups excluding carboxylic acids is 1. The molecule has 0 bridgehead atoms. The van der Waals surface area contributed by atoms with Gasteiger partial charge in [0.25, 0.3) is 0 Å². The molecule has 2 aromatic carbocycles. The smallest absolute Gasteiger partial charge is 0.240 e. The number of benzene rings is 2. The van der Waals surface area contributed by atoms with Crippen LogP contribution < -0.4 is 11.5 Å². The van der Waals surface area contributed by atoms with Crippen molar-refractivity contribution < 1.29 is 13.2 Å². The van der Waals surface area contributed by atoms with Crippen molar-refractivity contribution in [2.24, 2.45) is 5.73 Å². The van der Waals surface area contributed by atoms with E-state index in [1.54, 1.807) is 12.1 Å². The molecule has 1 atom stereocenters. The molecule has 0 radical (unpaired) electrons. The Hall–Kier alpha value is -2.34. The van der Waals surface area contributed by atoms with Crippen LogP contribution in [0, 0.1) is 6.92 Å². The van der Waals surface area contributed by atoms with Crippen molar-refractivity contribution in [2.75, 3.05) is 5.73 Å². The molecule has 0 aliphatic rings. The van der Waals surface area contributed by atoms with Crippen molar-refractivity contribution in [3.8, 4) is 0 Å². The number of rotatable bonds is 4. The first-order valence-corrected chi connectivity index (χ1v) is 7.82. The van der Waals surface area contributed by atoms with Crippen LogP contribution in [0.25, 0.3) is 0 Å². The second-order valence-corrected chi connectivity index (χ2v) is 6.84. The lowest BCUT2D eigenvalue weighted by Crippen LogP contribution is -2.28. The lowest BCUT2D eigenvalue weighted by molar-refractivity contribution is -0.117. The highest BCUT2D eigenvalue weighted by Gasteiger charge is 2.33. The number of primary amides is 1. The zero-order chi connectivity index (χ0) is 15.6. The Labute approximate surface area is 123 Å². The molecule has 5 nitrogen and oxygen atoms in total. The van der Waals surface area contributed by atoms with Crippen molar-refractivity contribution in [1.29, 1.82) is 0 Å². The molecular weight excluding hydrogens is 288 g/mol. The van der Waals surface area contributed by atoms with E-state index in [1.807, 2.05) is 6.92 Å². The largest absolute Gasteiger partial charge is 0.399 e. The Bertz CT molecular complexity index is 751. The van der Waals surface area contributed by atoms with E-state index in [4.69, 9.17) is 11.5 Å². The Morgan fingerprint density at radius 1 is 1.00 bits per heavy atom. The number of amides is 1. The summed E-state index contributed by atoms with van der Waals surface area (Å²) in [4.78, 5) is 11.7. The van der Waals surface area contributed by atoms with Crippen LogP contribution in [0.4, 0.5) is 5.69 Å². The van der Waals surface area contributed by atoms with E-state index in [0.29, 0.717) is 11.3 Å². The van der Waals surface area contributed by atoms with Crippen LogP contribution >= 0.6 is 0 Å². The van der Waals surface area contributed by atoms with Crippen molar-refractivity contribution in [1.82, 2.24) is 0 Å². The Morgan fingerprint density at radius 3 is 2.00 bits per heavy atom. The number of carbonyl (C=O) groups is 1. The third-order valence-corrected chi connectivity index (χ3v) is 5.21. The summed E-state index contributed by atoms with van der Waals surface area (Å²) >= 11 is 0. The maximum absolute atomic E-state index is 12.6. The number of nitrogens with two attached hydrogens (primary N) is 2. The van der Waals surface area contributed by atoms with Gasteiger partial charge < -0.3 is 11.5 Å². The molecule has 0 heterocycles. The van der Waals surface area contributed by atoms with E-state index >= 15 is 0 Å². The van der Waals surface area contributed by atoms with Gasteiger partial charge in [-0.3, -0.25) is 4.79 Å². The van der Waals surface area contributed by atoms with E-state index < -0.39 is 21.0 Å². The number of hydrogen-bond donors (Lipinski definition) is 2. The maximum Gasteiger partial charge on any atom is 0.240 e. The average molecular weight is 304 g/mol. The van der Waals surface area contributed by atoms with Crippen molar-refractivity contribution >= 4 is 21.4 Å². The molecule has 0 aromatic heterocycles. The molecule has 1 unspecified atom stereocenters. The monoisotopic (exact) mass is 304 g/mol. The summed E-state index contributed by atoms with van der Waals surface area (Å²) in [6.07, 6.45) is 0. The van der Waals surface area contributed by atoms with Crippen LogP contribution in [0.2, 0.25) is 0 Å². The molecule has 1 amide bonds. The second kappa shape index (κ2) is 5.57. The molecule has 21 heavy (non-hydrogen) atoms. The third-order valence-electron chi connectivity index (χ3n) is 3.16. The van der Waals surface area contributed by atoms with Crippen LogP contribution in [-0.4, -0.2) is 14.3 Å². The molecule has 2 aromatic rings. The predicted molar refractivity (Wildman–Crippen MR) is 81.2 cm³/mol. The minimum atomic E-state index is -3.90. The first-order valence-electron chi connectivity index (χ1n) is 6.27. The van der Waals surface area contributed by atoms with Crippen molar-refractivity contribution in [3.63, 3.8) is 0 Å². The highest BCUT2D eigenvalue weighted by molar-refractivity contribution is 7.92. The highest BCUT2D eigenvalue weighted by Crippen LogP contribution is 2.29. The molecule has 0 aliphatic carbocycles. The number of sulfone groups is 1. The fraction of sp³-hybridized carbons (Fsp3) is 0.133. The first-order chi connectivity index (χ1) is 9.82. The summed E-state index contributed by atoms with van der Waals surface area (Å²) in [5, 5.41) is -1.43. The summed E-state index contributed by atoms with van der Waals surface area (Å²) < 4.78 is 25.3. The SMILES string of the molecule is Cc1ccc(S(=O)(=O)C(C(N)=O)c2ccc(N)cc2)cc1. The van der Waals surface area contributed by atoms with Crippen LogP contribution in [0.5, 0.6) is 0 Å². The lowest BCUT2D eigenvalue weighted by atomic mass is 10.1. The molecule has 0 saturated carbocycles. The van der Waals surface area contributed by atoms with Crippen LogP contribution in [0.1, 0.15) is 16.4 Å². The summed E-state index contributed by atoms with van der Waals surface area (Å²) in [5.41, 5.74) is 12.6. The van der Waals surface area contributed by atoms with E-state index in [0.717, 1.165) is 5.56 Å². The number of nitrogen functional groups attached to an aromatic ring is 1. The van der Waals surface area contributed by atoms with Crippen molar-refractivity contribution in [3.05, 3.63) is 59.7 Å². The van der Waals surface area contributed by atoms with Gasteiger partial charge in [0.05, 0.1) is 4.90 Å². The molecule has 2 rings (SSSR count). The number of anilines is 1. The Balaban J connectivity index is 2.54. The van der Waals surface area contributed by atoms with Gasteiger partial charge in [-0.15, -0.1) is 0 Å². The fourth-order valence-corrected chi connectivity index (χ4v) is 3.64. The number of hydrogen-bond acceptors (Lipinski definition) is 4. The van der Waals surface area contributed by atoms with Gasteiger partial charge in [0.2, 0.25) is 5.91 Å². The van der Waals surface area contributed by atoms with Gasteiger partial charge in [-0.05, 0) is 36.8 Å². The van der Waals surface area contributed by atoms with E-state index in [9.17, 15) is 13.2 Å². The zero-order valence-corrected chi connectivity index (χ0v) is 12.3. The predicted octanol–water partition coefficient (Wildman–Crippen LogP) is 1.58. The Kier molecular flexibility index (Phi) is 3.99. The first kappa shape index (κ1) is 15.1. The molecule has 0 aliphatic heterocycles. The molecular formula is C15H16N2O3S. The molecule has 4 N–H and O–H groups in total. The van der Waals surface area contributed by atoms with Gasteiger partial charge in [0, 0.05) is 5.69 Å². The highest BCUT2D eigenvalue weighted by atomic mass is 32.2. The second-order valence-electron chi connectivity index (χ2n) is 4.81. The zero-order valence-electron chi connectivity index (χ0n) is 11.5. The summed E-state index contributed by atoms with van der Waals surface area (Å²) in [6.45, 7) is 1.85. The quantitative estimate of drug-likeness (QED) is 0.837. The Morgan fingerprint density at radius 2 is 1.52 bits per heavy atom. The topological polar surface area (TPSA) is 103 Å². The molecule has 0 fully saturated rings. The number of aryl methyl sites for hydroxylation is 1. The minimum Gasteiger partial charge on any atom is -0.399 e. The van der Waals surface area contributed by atoms with E-state index in [2.05, 4.69) is 0 Å². The van der Waals surface area contributed by atoms with Crippen LogP contribution in [-0.2, 0) is 14.6 Å². The lowest BCUT2D eigenvalue weighted by Gasteiger charge is -2.15. The maximum atomic E-state index is 12.6. The van der Waals surface area contributed by atoms with Gasteiger partial charge in [-0.2, -0.15) is 0 Å². The van der Waals surface area contributed by atoms with E-state index in [-0.39, 0.29) is 4.90 Å². The van der Waals surface area contributed by atoms with Gasteiger partial charge in [0.1, 0.15) is 0 Å². The van der Waals surface area contributed by atoms with Gasteiger partial charge in [0.15, 0.2) is 15.1 Å². The standard InChI is InChI=1S/C15H16N2O3S/c1-10-2-8-13(9-3-10)21(19,20)14(15(17)18)11-4-6-12(16)7-5-11/h2-9,14H,16H2,1H3,(H2,17,18). The third kappa shape index (κ3) is 3.05. The van der Waals surface area contributed by atoms with Crippen LogP contribution in [0.3, 0.4) is 0 Å². The van der Waals surface area contributed by atoms with Gasteiger partial charge in [-0.25, -0.2) is 8.42 Å². The summed E-state index contributed by atoms with van der Waals surface area (Å²) in [5.74, 6) is -0.916.